The number of primary sulfonamides is 1. The van der Waals surface area contributed by atoms with Crippen molar-refractivity contribution in [3.05, 3.63) is 90.0 Å². The molecule has 0 radical (unpaired) electrons. The van der Waals surface area contributed by atoms with Crippen LogP contribution in [0, 0.1) is 5.82 Å². The van der Waals surface area contributed by atoms with Gasteiger partial charge in [0, 0.05) is 50.1 Å². The number of anilines is 1. The largest absolute Gasteiger partial charge is 0.496 e. The fourth-order valence-corrected chi connectivity index (χ4v) is 5.83. The van der Waals surface area contributed by atoms with Gasteiger partial charge in [-0.1, -0.05) is 30.3 Å². The Kier molecular flexibility index (Phi) is 8.38. The van der Waals surface area contributed by atoms with Crippen molar-refractivity contribution in [2.75, 3.05) is 25.5 Å². The van der Waals surface area contributed by atoms with E-state index >= 15 is 4.39 Å². The predicted octanol–water partition coefficient (Wildman–Crippen LogP) is 3.97. The number of benzene rings is 2. The van der Waals surface area contributed by atoms with Crippen molar-refractivity contribution in [3.8, 4) is 28.6 Å². The Morgan fingerprint density at radius 1 is 1.07 bits per heavy atom. The van der Waals surface area contributed by atoms with Crippen LogP contribution in [-0.4, -0.2) is 55.8 Å². The molecule has 3 heterocycles. The van der Waals surface area contributed by atoms with E-state index in [1.54, 1.807) is 54.7 Å². The minimum Gasteiger partial charge on any atom is -0.496 e. The highest BCUT2D eigenvalue weighted by Gasteiger charge is 2.32. The molecule has 2 aromatic heterocycles. The van der Waals surface area contributed by atoms with E-state index in [4.69, 9.17) is 14.6 Å². The summed E-state index contributed by atoms with van der Waals surface area (Å²) in [5.41, 5.74) is 0.993. The molecule has 0 bridgehead atoms. The van der Waals surface area contributed by atoms with E-state index in [0.717, 1.165) is 6.07 Å². The van der Waals surface area contributed by atoms with Crippen LogP contribution in [0.1, 0.15) is 22.8 Å². The van der Waals surface area contributed by atoms with Gasteiger partial charge in [0.1, 0.15) is 28.7 Å². The molecule has 1 fully saturated rings. The Hall–Kier alpha value is -4.20. The van der Waals surface area contributed by atoms with Crippen LogP contribution in [0.15, 0.2) is 73.1 Å². The quantitative estimate of drug-likeness (QED) is 0.267. The molecule has 5 rings (SSSR count). The van der Waals surface area contributed by atoms with Gasteiger partial charge in [0.2, 0.25) is 21.9 Å². The standard InChI is InChI=1S/C28H28F2N6O4S/c1-39-24-14-20(13-22(30)25(24)26(41(31,37)38)17-6-3-2-4-7-17)40-27-21(8-5-10-33-27)23-9-11-34-28(36-23)35-19-12-18(29)15-32-16-19/h2-11,13-14,18-19,26,32H,12,15-16H2,1H3,(H2,31,37,38)(H,34,35,36)/t18-,19-,26?/m0/s1. The van der Waals surface area contributed by atoms with Crippen molar-refractivity contribution in [1.82, 2.24) is 20.3 Å². The number of nitrogens with one attached hydrogen (secondary N) is 2. The Morgan fingerprint density at radius 3 is 2.61 bits per heavy atom. The Bertz CT molecular complexity index is 1630. The van der Waals surface area contributed by atoms with Crippen molar-refractivity contribution in [2.45, 2.75) is 23.9 Å². The first-order valence-electron chi connectivity index (χ1n) is 12.7. The molecule has 41 heavy (non-hydrogen) atoms. The Labute approximate surface area is 236 Å². The van der Waals surface area contributed by atoms with Gasteiger partial charge >= 0.3 is 0 Å². The van der Waals surface area contributed by atoms with E-state index in [-0.39, 0.29) is 34.5 Å². The fraction of sp³-hybridized carbons (Fsp3) is 0.250. The van der Waals surface area contributed by atoms with Crippen LogP contribution in [0.3, 0.4) is 0 Å². The van der Waals surface area contributed by atoms with Gasteiger partial charge in [0.05, 0.1) is 23.9 Å². The lowest BCUT2D eigenvalue weighted by molar-refractivity contribution is 0.254. The minimum atomic E-state index is -4.28. The molecular weight excluding hydrogens is 554 g/mol. The van der Waals surface area contributed by atoms with Gasteiger partial charge in [0.15, 0.2) is 0 Å². The molecule has 0 aliphatic carbocycles. The molecule has 4 N–H and O–H groups in total. The number of ether oxygens (including phenoxy) is 2. The maximum atomic E-state index is 15.6. The van der Waals surface area contributed by atoms with Crippen molar-refractivity contribution < 1.29 is 26.7 Å². The van der Waals surface area contributed by atoms with Gasteiger partial charge in [-0.3, -0.25) is 0 Å². The lowest BCUT2D eigenvalue weighted by Gasteiger charge is -2.26. The summed E-state index contributed by atoms with van der Waals surface area (Å²) in [6.07, 6.45) is 2.43. The number of pyridine rings is 1. The topological polar surface area (TPSA) is 141 Å². The third kappa shape index (κ3) is 6.59. The first kappa shape index (κ1) is 28.3. The Morgan fingerprint density at radius 2 is 1.88 bits per heavy atom. The smallest absolute Gasteiger partial charge is 0.228 e. The third-order valence-electron chi connectivity index (χ3n) is 6.53. The third-order valence-corrected chi connectivity index (χ3v) is 7.69. The fourth-order valence-electron chi connectivity index (χ4n) is 4.74. The molecule has 4 aromatic rings. The van der Waals surface area contributed by atoms with E-state index in [1.807, 2.05) is 0 Å². The summed E-state index contributed by atoms with van der Waals surface area (Å²) in [5.74, 6) is -0.522. The number of alkyl halides is 1. The molecule has 0 amide bonds. The summed E-state index contributed by atoms with van der Waals surface area (Å²) in [6.45, 7) is 0.895. The second-order valence-corrected chi connectivity index (χ2v) is 11.1. The first-order chi connectivity index (χ1) is 19.7. The average molecular weight is 583 g/mol. The van der Waals surface area contributed by atoms with Crippen LogP contribution in [0.2, 0.25) is 0 Å². The molecule has 2 aromatic carbocycles. The monoisotopic (exact) mass is 582 g/mol. The van der Waals surface area contributed by atoms with Crippen LogP contribution in [0.25, 0.3) is 11.3 Å². The molecule has 10 nitrogen and oxygen atoms in total. The lowest BCUT2D eigenvalue weighted by Crippen LogP contribution is -2.44. The summed E-state index contributed by atoms with van der Waals surface area (Å²) >= 11 is 0. The number of aromatic nitrogens is 3. The van der Waals surface area contributed by atoms with Gasteiger partial charge in [-0.25, -0.2) is 37.3 Å². The van der Waals surface area contributed by atoms with Crippen molar-refractivity contribution in [2.24, 2.45) is 5.14 Å². The maximum Gasteiger partial charge on any atom is 0.228 e. The van der Waals surface area contributed by atoms with Crippen molar-refractivity contribution >= 4 is 16.0 Å². The first-order valence-corrected chi connectivity index (χ1v) is 14.4. The molecule has 0 saturated carbocycles. The second kappa shape index (κ2) is 12.1. The van der Waals surface area contributed by atoms with Crippen LogP contribution >= 0.6 is 0 Å². The highest BCUT2D eigenvalue weighted by atomic mass is 32.2. The number of rotatable bonds is 9. The van der Waals surface area contributed by atoms with Crippen LogP contribution in [0.5, 0.6) is 17.4 Å². The Balaban J connectivity index is 1.46. The van der Waals surface area contributed by atoms with Crippen molar-refractivity contribution in [3.63, 3.8) is 0 Å². The average Bonchev–Trinajstić information content (AvgIpc) is 2.94. The van der Waals surface area contributed by atoms with Crippen molar-refractivity contribution in [1.29, 1.82) is 0 Å². The van der Waals surface area contributed by atoms with Gasteiger partial charge in [0.25, 0.3) is 0 Å². The van der Waals surface area contributed by atoms with Crippen LogP contribution in [0.4, 0.5) is 14.7 Å². The van der Waals surface area contributed by atoms with Gasteiger partial charge in [-0.15, -0.1) is 0 Å². The molecule has 1 saturated heterocycles. The number of methoxy groups -OCH3 is 1. The molecule has 1 aliphatic rings. The summed E-state index contributed by atoms with van der Waals surface area (Å²) in [6, 6.07) is 15.4. The summed E-state index contributed by atoms with van der Waals surface area (Å²) < 4.78 is 65.9. The second-order valence-electron chi connectivity index (χ2n) is 9.46. The summed E-state index contributed by atoms with van der Waals surface area (Å²) in [7, 11) is -2.98. The van der Waals surface area contributed by atoms with E-state index in [9.17, 15) is 12.8 Å². The highest BCUT2D eigenvalue weighted by molar-refractivity contribution is 7.89. The summed E-state index contributed by atoms with van der Waals surface area (Å²) in [5, 5.41) is 10.2. The number of hydrogen-bond donors (Lipinski definition) is 3. The molecule has 1 aliphatic heterocycles. The van der Waals surface area contributed by atoms with E-state index < -0.39 is 27.3 Å². The van der Waals surface area contributed by atoms with Gasteiger partial charge in [-0.05, 0) is 23.8 Å². The zero-order valence-electron chi connectivity index (χ0n) is 22.0. The number of piperidine rings is 1. The molecule has 1 unspecified atom stereocenters. The van der Waals surface area contributed by atoms with Crippen LogP contribution < -0.4 is 25.2 Å². The van der Waals surface area contributed by atoms with E-state index in [0.29, 0.717) is 36.7 Å². The normalized spacial score (nSPS) is 18.0. The number of halogens is 2. The summed E-state index contributed by atoms with van der Waals surface area (Å²) in [4.78, 5) is 13.1. The maximum absolute atomic E-state index is 15.6. The number of nitrogens with zero attached hydrogens (tertiary/aromatic N) is 3. The zero-order chi connectivity index (χ0) is 29.0. The molecule has 214 valence electrons. The lowest BCUT2D eigenvalue weighted by atomic mass is 10.0. The predicted molar refractivity (Wildman–Crippen MR) is 149 cm³/mol. The highest BCUT2D eigenvalue weighted by Crippen LogP contribution is 2.40. The number of sulfonamides is 1. The molecule has 13 heteroatoms. The minimum absolute atomic E-state index is 0.0129. The van der Waals surface area contributed by atoms with E-state index in [2.05, 4.69) is 25.6 Å². The van der Waals surface area contributed by atoms with Crippen LogP contribution in [-0.2, 0) is 10.0 Å². The number of hydrogen-bond acceptors (Lipinski definition) is 9. The van der Waals surface area contributed by atoms with E-state index in [1.165, 1.54) is 19.4 Å². The van der Waals surface area contributed by atoms with Gasteiger partial charge in [-0.2, -0.15) is 0 Å². The molecule has 3 atom stereocenters. The van der Waals surface area contributed by atoms with Gasteiger partial charge < -0.3 is 20.1 Å². The SMILES string of the molecule is COc1cc(Oc2ncccc2-c2ccnc(N[C@@H]3CNC[C@@H](F)C3)n2)cc(F)c1C(c1ccccc1)S(N)(=O)=O. The zero-order valence-corrected chi connectivity index (χ0v) is 22.8. The molecular formula is C28H28F2N6O4S. The number of nitrogens with two attached hydrogens (primary N) is 1. The molecule has 0 spiro atoms.